The number of anilines is 1. The quantitative estimate of drug-likeness (QED) is 0.746. The number of benzodiazepines with no additional fused rings is 1. The SMILES string of the molecule is CN1CCN=C(c2ccccc2)c2cc(Cl)ccc21.Cl.Cl. The first kappa shape index (κ1) is 17.8. The Morgan fingerprint density at radius 2 is 1.76 bits per heavy atom. The molecule has 0 bridgehead atoms. The van der Waals surface area contributed by atoms with Gasteiger partial charge in [-0.1, -0.05) is 41.9 Å². The van der Waals surface area contributed by atoms with Gasteiger partial charge in [0, 0.05) is 35.4 Å². The highest BCUT2D eigenvalue weighted by molar-refractivity contribution is 6.31. The Hall–Kier alpha value is -1.22. The maximum Gasteiger partial charge on any atom is 0.0741 e. The summed E-state index contributed by atoms with van der Waals surface area (Å²) in [5.41, 5.74) is 4.46. The standard InChI is InChI=1S/C16H15ClN2.2ClH/c1-19-10-9-18-16(12-5-3-2-4-6-12)14-11-13(17)7-8-15(14)19;;/h2-8,11H,9-10H2,1H3;2*1H. The summed E-state index contributed by atoms with van der Waals surface area (Å²) in [4.78, 5) is 6.97. The summed E-state index contributed by atoms with van der Waals surface area (Å²) in [7, 11) is 2.09. The van der Waals surface area contributed by atoms with E-state index in [1.54, 1.807) is 0 Å². The number of hydrogen-bond donors (Lipinski definition) is 0. The van der Waals surface area contributed by atoms with E-state index in [4.69, 9.17) is 16.6 Å². The lowest BCUT2D eigenvalue weighted by atomic mass is 10.0. The van der Waals surface area contributed by atoms with Crippen molar-refractivity contribution in [2.24, 2.45) is 4.99 Å². The molecular formula is C16H17Cl3N2. The third-order valence-corrected chi connectivity index (χ3v) is 3.61. The molecule has 0 aromatic heterocycles. The second-order valence-electron chi connectivity index (χ2n) is 4.68. The Bertz CT molecular complexity index is 627. The fraction of sp³-hybridized carbons (Fsp3) is 0.188. The largest absolute Gasteiger partial charge is 0.372 e. The molecule has 1 aliphatic heterocycles. The monoisotopic (exact) mass is 342 g/mol. The van der Waals surface area contributed by atoms with Crippen molar-refractivity contribution < 1.29 is 0 Å². The number of halogens is 3. The Kier molecular flexibility index (Phi) is 6.53. The van der Waals surface area contributed by atoms with E-state index in [1.165, 1.54) is 5.69 Å². The predicted octanol–water partition coefficient (Wildman–Crippen LogP) is 4.47. The van der Waals surface area contributed by atoms with Crippen molar-refractivity contribution >= 4 is 47.8 Å². The molecule has 2 nitrogen and oxygen atoms in total. The zero-order valence-corrected chi connectivity index (χ0v) is 14.0. The van der Waals surface area contributed by atoms with Crippen LogP contribution >= 0.6 is 36.4 Å². The van der Waals surface area contributed by atoms with E-state index in [0.29, 0.717) is 0 Å². The molecule has 0 saturated carbocycles. The van der Waals surface area contributed by atoms with E-state index in [2.05, 4.69) is 30.1 Å². The molecule has 0 aliphatic carbocycles. The lowest BCUT2D eigenvalue weighted by Crippen LogP contribution is -2.20. The van der Waals surface area contributed by atoms with Crippen molar-refractivity contribution in [2.45, 2.75) is 0 Å². The molecule has 0 amide bonds. The van der Waals surface area contributed by atoms with Gasteiger partial charge in [0.25, 0.3) is 0 Å². The van der Waals surface area contributed by atoms with Gasteiger partial charge in [-0.05, 0) is 18.2 Å². The van der Waals surface area contributed by atoms with Crippen LogP contribution in [0.5, 0.6) is 0 Å². The lowest BCUT2D eigenvalue weighted by molar-refractivity contribution is 0.896. The van der Waals surface area contributed by atoms with Crippen LogP contribution in [0.15, 0.2) is 53.5 Å². The van der Waals surface area contributed by atoms with Crippen LogP contribution in [0.1, 0.15) is 11.1 Å². The zero-order chi connectivity index (χ0) is 13.2. The average molecular weight is 344 g/mol. The second-order valence-corrected chi connectivity index (χ2v) is 5.12. The van der Waals surface area contributed by atoms with Gasteiger partial charge in [0.2, 0.25) is 0 Å². The highest BCUT2D eigenvalue weighted by Crippen LogP contribution is 2.28. The number of rotatable bonds is 1. The van der Waals surface area contributed by atoms with Gasteiger partial charge < -0.3 is 4.90 Å². The first-order chi connectivity index (χ1) is 9.25. The minimum absolute atomic E-state index is 0. The number of benzene rings is 2. The Morgan fingerprint density at radius 1 is 1.05 bits per heavy atom. The fourth-order valence-electron chi connectivity index (χ4n) is 2.39. The molecule has 1 aliphatic rings. The van der Waals surface area contributed by atoms with Crippen molar-refractivity contribution in [1.29, 1.82) is 0 Å². The molecule has 0 unspecified atom stereocenters. The molecule has 0 fully saturated rings. The van der Waals surface area contributed by atoms with Crippen molar-refractivity contribution in [1.82, 2.24) is 0 Å². The maximum absolute atomic E-state index is 6.16. The number of likely N-dealkylation sites (N-methyl/N-ethyl adjacent to an activating group) is 1. The Balaban J connectivity index is 0.00000110. The van der Waals surface area contributed by atoms with Crippen molar-refractivity contribution in [3.05, 3.63) is 64.7 Å². The van der Waals surface area contributed by atoms with Crippen LogP contribution in [-0.2, 0) is 0 Å². The minimum Gasteiger partial charge on any atom is -0.372 e. The smallest absolute Gasteiger partial charge is 0.0741 e. The van der Waals surface area contributed by atoms with Crippen LogP contribution in [0, 0.1) is 0 Å². The van der Waals surface area contributed by atoms with E-state index in [1.807, 2.05) is 30.3 Å². The van der Waals surface area contributed by atoms with Crippen LogP contribution in [0.25, 0.3) is 0 Å². The molecule has 5 heteroatoms. The number of aliphatic imine (C=N–C) groups is 1. The van der Waals surface area contributed by atoms with Crippen LogP contribution in [0.3, 0.4) is 0 Å². The van der Waals surface area contributed by atoms with Gasteiger partial charge in [-0.2, -0.15) is 0 Å². The zero-order valence-electron chi connectivity index (χ0n) is 11.6. The molecule has 0 radical (unpaired) electrons. The summed E-state index contributed by atoms with van der Waals surface area (Å²) < 4.78 is 0. The van der Waals surface area contributed by atoms with Crippen LogP contribution in [-0.4, -0.2) is 25.8 Å². The van der Waals surface area contributed by atoms with E-state index >= 15 is 0 Å². The van der Waals surface area contributed by atoms with Gasteiger partial charge in [0.05, 0.1) is 12.3 Å². The molecule has 112 valence electrons. The third kappa shape index (κ3) is 3.70. The van der Waals surface area contributed by atoms with E-state index < -0.39 is 0 Å². The van der Waals surface area contributed by atoms with Gasteiger partial charge in [-0.25, -0.2) is 0 Å². The predicted molar refractivity (Wildman–Crippen MR) is 96.2 cm³/mol. The normalized spacial score (nSPS) is 13.2. The summed E-state index contributed by atoms with van der Waals surface area (Å²) in [6.07, 6.45) is 0. The Morgan fingerprint density at radius 3 is 2.48 bits per heavy atom. The number of hydrogen-bond acceptors (Lipinski definition) is 2. The highest BCUT2D eigenvalue weighted by atomic mass is 35.5. The van der Waals surface area contributed by atoms with Crippen LogP contribution in [0.2, 0.25) is 5.02 Å². The summed E-state index contributed by atoms with van der Waals surface area (Å²) in [5.74, 6) is 0. The van der Waals surface area contributed by atoms with Crippen LogP contribution < -0.4 is 4.90 Å². The molecule has 3 rings (SSSR count). The number of fused-ring (bicyclic) bond motifs is 1. The third-order valence-electron chi connectivity index (χ3n) is 3.38. The van der Waals surface area contributed by atoms with E-state index in [9.17, 15) is 0 Å². The number of nitrogens with zero attached hydrogens (tertiary/aromatic N) is 2. The summed E-state index contributed by atoms with van der Waals surface area (Å²) in [6, 6.07) is 16.3. The maximum atomic E-state index is 6.16. The van der Waals surface area contributed by atoms with Crippen molar-refractivity contribution in [3.63, 3.8) is 0 Å². The molecule has 2 aromatic rings. The van der Waals surface area contributed by atoms with Gasteiger partial charge in [-0.3, -0.25) is 4.99 Å². The fourth-order valence-corrected chi connectivity index (χ4v) is 2.56. The Labute approximate surface area is 142 Å². The molecular weight excluding hydrogens is 327 g/mol. The molecule has 1 heterocycles. The first-order valence-corrected chi connectivity index (χ1v) is 6.74. The van der Waals surface area contributed by atoms with Crippen molar-refractivity contribution in [2.75, 3.05) is 25.0 Å². The molecule has 0 N–H and O–H groups in total. The molecule has 0 saturated heterocycles. The second kappa shape index (κ2) is 7.69. The lowest BCUT2D eigenvalue weighted by Gasteiger charge is -2.19. The van der Waals surface area contributed by atoms with Gasteiger partial charge >= 0.3 is 0 Å². The first-order valence-electron chi connectivity index (χ1n) is 6.36. The average Bonchev–Trinajstić information content (AvgIpc) is 2.59. The van der Waals surface area contributed by atoms with Gasteiger partial charge in [0.1, 0.15) is 0 Å². The summed E-state index contributed by atoms with van der Waals surface area (Å²) in [5, 5.41) is 0.748. The van der Waals surface area contributed by atoms with E-state index in [0.717, 1.165) is 35.0 Å². The van der Waals surface area contributed by atoms with E-state index in [-0.39, 0.29) is 24.8 Å². The highest BCUT2D eigenvalue weighted by Gasteiger charge is 2.17. The van der Waals surface area contributed by atoms with Crippen molar-refractivity contribution in [3.8, 4) is 0 Å². The van der Waals surface area contributed by atoms with Gasteiger partial charge in [-0.15, -0.1) is 24.8 Å². The minimum atomic E-state index is 0. The van der Waals surface area contributed by atoms with Gasteiger partial charge in [0.15, 0.2) is 0 Å². The summed E-state index contributed by atoms with van der Waals surface area (Å²) in [6.45, 7) is 1.72. The molecule has 0 atom stereocenters. The topological polar surface area (TPSA) is 15.6 Å². The van der Waals surface area contributed by atoms with Crippen LogP contribution in [0.4, 0.5) is 5.69 Å². The molecule has 21 heavy (non-hydrogen) atoms. The molecule has 0 spiro atoms. The summed E-state index contributed by atoms with van der Waals surface area (Å²) >= 11 is 6.16. The molecule has 2 aromatic carbocycles.